The average molecular weight is 506 g/mol. The van der Waals surface area contributed by atoms with E-state index in [1.54, 1.807) is 0 Å². The van der Waals surface area contributed by atoms with Crippen molar-refractivity contribution in [1.29, 1.82) is 0 Å². The zero-order valence-corrected chi connectivity index (χ0v) is 21.3. The molecule has 5 rings (SSSR count). The van der Waals surface area contributed by atoms with E-state index in [2.05, 4.69) is 45.2 Å². The summed E-state index contributed by atoms with van der Waals surface area (Å²) in [7, 11) is 0. The van der Waals surface area contributed by atoms with Crippen LogP contribution in [-0.2, 0) is 11.3 Å². The Morgan fingerprint density at radius 1 is 0.971 bits per heavy atom. The lowest BCUT2D eigenvalue weighted by Gasteiger charge is -2.32. The van der Waals surface area contributed by atoms with Crippen LogP contribution in [0.3, 0.4) is 0 Å². The maximum atomic E-state index is 11.8. The molecule has 1 saturated heterocycles. The minimum absolute atomic E-state index is 0.0511. The number of carbonyl (C=O) groups is 1. The molecule has 0 radical (unpaired) electrons. The zero-order chi connectivity index (χ0) is 24.4. The SMILES string of the molecule is CCC(=O)Nc1cccc(C2CCN(Cc3cn(-c4cccc(Cl)c4)c4cc(Cl)ccc34)CC2)c1. The summed E-state index contributed by atoms with van der Waals surface area (Å²) in [6.45, 7) is 4.84. The number of hydrogen-bond acceptors (Lipinski definition) is 2. The summed E-state index contributed by atoms with van der Waals surface area (Å²) in [6.07, 6.45) is 4.91. The standard InChI is InChI=1S/C29H29Cl2N3O/c1-2-29(35)32-25-7-3-5-21(15-25)20-11-13-33(14-12-20)18-22-19-34(26-8-4-6-23(30)16-26)28-17-24(31)9-10-27(22)28/h3-10,15-17,19-20H,2,11-14,18H2,1H3,(H,32,35). The van der Waals surface area contributed by atoms with Crippen LogP contribution >= 0.6 is 23.2 Å². The molecule has 35 heavy (non-hydrogen) atoms. The quantitative estimate of drug-likeness (QED) is 0.291. The second-order valence-electron chi connectivity index (χ2n) is 9.24. The van der Waals surface area contributed by atoms with Crippen molar-refractivity contribution in [3.63, 3.8) is 0 Å². The van der Waals surface area contributed by atoms with Crippen molar-refractivity contribution >= 4 is 45.7 Å². The Morgan fingerprint density at radius 3 is 2.51 bits per heavy atom. The Bertz CT molecular complexity index is 1360. The number of nitrogens with one attached hydrogen (secondary N) is 1. The first-order valence-corrected chi connectivity index (χ1v) is 12.9. The molecule has 1 amide bonds. The van der Waals surface area contributed by atoms with Gasteiger partial charge in [0.1, 0.15) is 0 Å². The molecule has 0 spiro atoms. The third-order valence-corrected chi connectivity index (χ3v) is 7.35. The van der Waals surface area contributed by atoms with Gasteiger partial charge in [0.05, 0.1) is 5.52 Å². The van der Waals surface area contributed by atoms with Gasteiger partial charge in [0.15, 0.2) is 0 Å². The second kappa shape index (κ2) is 10.4. The zero-order valence-electron chi connectivity index (χ0n) is 19.8. The molecule has 6 heteroatoms. The third-order valence-electron chi connectivity index (χ3n) is 6.88. The van der Waals surface area contributed by atoms with Crippen LogP contribution in [0.1, 0.15) is 43.2 Å². The Kier molecular flexibility index (Phi) is 7.14. The average Bonchev–Trinajstić information content (AvgIpc) is 3.22. The number of likely N-dealkylation sites (tertiary alicyclic amines) is 1. The Morgan fingerprint density at radius 2 is 1.74 bits per heavy atom. The minimum atomic E-state index is 0.0511. The highest BCUT2D eigenvalue weighted by molar-refractivity contribution is 6.31. The van der Waals surface area contributed by atoms with Crippen LogP contribution in [0.25, 0.3) is 16.6 Å². The molecule has 4 aromatic rings. The monoisotopic (exact) mass is 505 g/mol. The maximum absolute atomic E-state index is 11.8. The van der Waals surface area contributed by atoms with Gasteiger partial charge >= 0.3 is 0 Å². The Hall–Kier alpha value is -2.79. The summed E-state index contributed by atoms with van der Waals surface area (Å²) < 4.78 is 2.19. The van der Waals surface area contributed by atoms with Crippen molar-refractivity contribution in [1.82, 2.24) is 9.47 Å². The van der Waals surface area contributed by atoms with Gasteiger partial charge < -0.3 is 9.88 Å². The number of fused-ring (bicyclic) bond motifs is 1. The van der Waals surface area contributed by atoms with Gasteiger partial charge in [-0.15, -0.1) is 0 Å². The highest BCUT2D eigenvalue weighted by Crippen LogP contribution is 2.33. The van der Waals surface area contributed by atoms with Gasteiger partial charge in [0.2, 0.25) is 5.91 Å². The molecule has 1 N–H and O–H groups in total. The Labute approximate surface area is 216 Å². The van der Waals surface area contributed by atoms with Gasteiger partial charge in [-0.3, -0.25) is 9.69 Å². The summed E-state index contributed by atoms with van der Waals surface area (Å²) in [5.41, 5.74) is 5.62. The van der Waals surface area contributed by atoms with Gasteiger partial charge in [-0.05, 0) is 85.4 Å². The summed E-state index contributed by atoms with van der Waals surface area (Å²) in [5.74, 6) is 0.562. The number of amides is 1. The topological polar surface area (TPSA) is 37.3 Å². The van der Waals surface area contributed by atoms with Crippen LogP contribution in [0.2, 0.25) is 10.0 Å². The molecule has 1 fully saturated rings. The molecular weight excluding hydrogens is 477 g/mol. The summed E-state index contributed by atoms with van der Waals surface area (Å²) in [5, 5.41) is 5.64. The smallest absolute Gasteiger partial charge is 0.224 e. The molecule has 1 aliphatic heterocycles. The van der Waals surface area contributed by atoms with E-state index in [9.17, 15) is 4.79 Å². The lowest BCUT2D eigenvalue weighted by Crippen LogP contribution is -2.32. The largest absolute Gasteiger partial charge is 0.326 e. The number of benzene rings is 3. The summed E-state index contributed by atoms with van der Waals surface area (Å²) in [6, 6.07) is 22.4. The van der Waals surface area contributed by atoms with Crippen LogP contribution in [0, 0.1) is 0 Å². The molecule has 180 valence electrons. The van der Waals surface area contributed by atoms with Gasteiger partial charge in [-0.25, -0.2) is 0 Å². The van der Waals surface area contributed by atoms with Crippen LogP contribution in [0.15, 0.2) is 72.9 Å². The molecule has 2 heterocycles. The first-order chi connectivity index (χ1) is 17.0. The van der Waals surface area contributed by atoms with Crippen molar-refractivity contribution < 1.29 is 4.79 Å². The number of nitrogens with zero attached hydrogens (tertiary/aromatic N) is 2. The number of halogens is 2. The molecule has 1 aliphatic rings. The predicted octanol–water partition coefficient (Wildman–Crippen LogP) is 7.67. The van der Waals surface area contributed by atoms with Gasteiger partial charge in [0.25, 0.3) is 0 Å². The first-order valence-electron chi connectivity index (χ1n) is 12.2. The third kappa shape index (κ3) is 5.40. The molecule has 4 nitrogen and oxygen atoms in total. The number of carbonyl (C=O) groups excluding carboxylic acids is 1. The lowest BCUT2D eigenvalue weighted by atomic mass is 9.89. The fraction of sp³-hybridized carbons (Fsp3) is 0.276. The van der Waals surface area contributed by atoms with Gasteiger partial charge in [-0.2, -0.15) is 0 Å². The van der Waals surface area contributed by atoms with Crippen molar-refractivity contribution in [2.75, 3.05) is 18.4 Å². The van der Waals surface area contributed by atoms with Crippen LogP contribution < -0.4 is 5.32 Å². The molecule has 0 bridgehead atoms. The van der Waals surface area contributed by atoms with Crippen LogP contribution in [0.5, 0.6) is 0 Å². The molecule has 0 atom stereocenters. The highest BCUT2D eigenvalue weighted by Gasteiger charge is 2.22. The number of piperidine rings is 1. The van der Waals surface area contributed by atoms with E-state index >= 15 is 0 Å². The van der Waals surface area contributed by atoms with Crippen LogP contribution in [0.4, 0.5) is 5.69 Å². The van der Waals surface area contributed by atoms with Gasteiger partial charge in [0, 0.05) is 46.0 Å². The van der Waals surface area contributed by atoms with E-state index in [1.807, 2.05) is 49.4 Å². The molecular formula is C29H29Cl2N3O. The molecule has 3 aromatic carbocycles. The molecule has 0 unspecified atom stereocenters. The number of aromatic nitrogens is 1. The van der Waals surface area contributed by atoms with Gasteiger partial charge in [-0.1, -0.05) is 54.4 Å². The number of anilines is 1. The highest BCUT2D eigenvalue weighted by atomic mass is 35.5. The van der Waals surface area contributed by atoms with Crippen LogP contribution in [-0.4, -0.2) is 28.5 Å². The lowest BCUT2D eigenvalue weighted by molar-refractivity contribution is -0.115. The number of hydrogen-bond donors (Lipinski definition) is 1. The predicted molar refractivity (Wildman–Crippen MR) is 146 cm³/mol. The summed E-state index contributed by atoms with van der Waals surface area (Å²) in [4.78, 5) is 14.3. The number of rotatable bonds is 6. The van der Waals surface area contributed by atoms with Crippen molar-refractivity contribution in [2.24, 2.45) is 0 Å². The fourth-order valence-electron chi connectivity index (χ4n) is 5.02. The van der Waals surface area contributed by atoms with Crippen molar-refractivity contribution in [2.45, 2.75) is 38.6 Å². The van der Waals surface area contributed by atoms with E-state index in [0.717, 1.165) is 54.4 Å². The van der Waals surface area contributed by atoms with E-state index in [-0.39, 0.29) is 5.91 Å². The second-order valence-corrected chi connectivity index (χ2v) is 10.1. The van der Waals surface area contributed by atoms with E-state index in [1.165, 1.54) is 16.5 Å². The first kappa shape index (κ1) is 23.9. The van der Waals surface area contributed by atoms with Crippen molar-refractivity contribution in [3.8, 4) is 5.69 Å². The summed E-state index contributed by atoms with van der Waals surface area (Å²) >= 11 is 12.6. The van der Waals surface area contributed by atoms with E-state index in [4.69, 9.17) is 23.2 Å². The fourth-order valence-corrected chi connectivity index (χ4v) is 5.37. The minimum Gasteiger partial charge on any atom is -0.326 e. The molecule has 0 aliphatic carbocycles. The Balaban J connectivity index is 1.32. The molecule has 0 saturated carbocycles. The molecule has 1 aromatic heterocycles. The van der Waals surface area contributed by atoms with E-state index < -0.39 is 0 Å². The van der Waals surface area contributed by atoms with Crippen molar-refractivity contribution in [3.05, 3.63) is 94.1 Å². The normalized spacial score (nSPS) is 14.9. The maximum Gasteiger partial charge on any atom is 0.224 e. The van der Waals surface area contributed by atoms with E-state index in [0.29, 0.717) is 17.4 Å².